The molecule has 0 bridgehead atoms. The third-order valence-corrected chi connectivity index (χ3v) is 5.45. The number of para-hydroxylation sites is 1. The SMILES string of the molecule is CO[C@](CF)(CO[PH](=O)Oc1ccccc1)[C@@H](O)[C@@H](O)c1ccc2c(N)ncnn12. The number of nitrogens with two attached hydrogens (primary N) is 1. The number of ether oxygens (including phenoxy) is 1. The van der Waals surface area contributed by atoms with Crippen LogP contribution in [0.1, 0.15) is 11.8 Å². The Kier molecular flexibility index (Phi) is 7.01. The summed E-state index contributed by atoms with van der Waals surface area (Å²) in [6.45, 7) is -1.87. The molecule has 0 saturated heterocycles. The molecule has 3 aromatic rings. The molecule has 0 spiro atoms. The highest BCUT2D eigenvalue weighted by Gasteiger charge is 2.45. The van der Waals surface area contributed by atoms with Crippen molar-refractivity contribution in [3.05, 3.63) is 54.5 Å². The molecule has 2 heterocycles. The normalized spacial score (nSPS) is 16.7. The molecular weight excluding hydrogens is 418 g/mol. The highest BCUT2D eigenvalue weighted by Crippen LogP contribution is 2.34. The van der Waals surface area contributed by atoms with Crippen molar-refractivity contribution in [2.24, 2.45) is 0 Å². The topological polar surface area (TPSA) is 141 Å². The maximum atomic E-state index is 14.0. The van der Waals surface area contributed by atoms with Gasteiger partial charge < -0.3 is 25.2 Å². The van der Waals surface area contributed by atoms with Crippen LogP contribution in [-0.4, -0.2) is 56.9 Å². The summed E-state index contributed by atoms with van der Waals surface area (Å²) in [7, 11) is -1.93. The van der Waals surface area contributed by atoms with Gasteiger partial charge in [-0.2, -0.15) is 5.10 Å². The first-order valence-electron chi connectivity index (χ1n) is 8.87. The molecule has 0 aliphatic carbocycles. The Labute approximate surface area is 172 Å². The van der Waals surface area contributed by atoms with Crippen LogP contribution in [0.4, 0.5) is 10.2 Å². The minimum Gasteiger partial charge on any atom is -0.426 e. The number of alkyl halides is 1. The predicted molar refractivity (Wildman–Crippen MR) is 106 cm³/mol. The first-order valence-corrected chi connectivity index (χ1v) is 10.1. The van der Waals surface area contributed by atoms with Gasteiger partial charge >= 0.3 is 8.25 Å². The van der Waals surface area contributed by atoms with Gasteiger partial charge in [0.25, 0.3) is 0 Å². The molecule has 2 aromatic heterocycles. The van der Waals surface area contributed by atoms with Gasteiger partial charge in [0.1, 0.15) is 42.1 Å². The number of rotatable bonds is 10. The van der Waals surface area contributed by atoms with E-state index in [-0.39, 0.29) is 11.5 Å². The summed E-state index contributed by atoms with van der Waals surface area (Å²) in [5.74, 6) is 0.476. The Morgan fingerprint density at radius 2 is 2.00 bits per heavy atom. The van der Waals surface area contributed by atoms with Crippen molar-refractivity contribution < 1.29 is 33.0 Å². The number of aliphatic hydroxyl groups excluding tert-OH is 2. The number of nitrogen functional groups attached to an aromatic ring is 1. The summed E-state index contributed by atoms with van der Waals surface area (Å²) in [6.07, 6.45) is -2.24. The summed E-state index contributed by atoms with van der Waals surface area (Å²) in [5, 5.41) is 25.4. The molecule has 0 radical (unpaired) electrons. The van der Waals surface area contributed by atoms with Crippen molar-refractivity contribution in [2.45, 2.75) is 17.8 Å². The Morgan fingerprint density at radius 1 is 1.27 bits per heavy atom. The van der Waals surface area contributed by atoms with Crippen LogP contribution in [0.5, 0.6) is 5.75 Å². The summed E-state index contributed by atoms with van der Waals surface area (Å²) in [4.78, 5) is 3.84. The zero-order chi connectivity index (χ0) is 21.7. The van der Waals surface area contributed by atoms with Gasteiger partial charge in [-0.1, -0.05) is 18.2 Å². The lowest BCUT2D eigenvalue weighted by atomic mass is 9.93. The number of hydrogen-bond acceptors (Lipinski definition) is 9. The average Bonchev–Trinajstić information content (AvgIpc) is 3.20. The van der Waals surface area contributed by atoms with E-state index < -0.39 is 39.3 Å². The van der Waals surface area contributed by atoms with Crippen molar-refractivity contribution in [1.29, 1.82) is 0 Å². The van der Waals surface area contributed by atoms with E-state index >= 15 is 0 Å². The third-order valence-electron chi connectivity index (χ3n) is 4.66. The number of halogens is 1. The monoisotopic (exact) mass is 440 g/mol. The second-order valence-corrected chi connectivity index (χ2v) is 7.44. The van der Waals surface area contributed by atoms with Crippen LogP contribution in [0, 0.1) is 0 Å². The van der Waals surface area contributed by atoms with E-state index in [1.807, 2.05) is 0 Å². The molecule has 0 saturated carbocycles. The fraction of sp³-hybridized carbons (Fsp3) is 0.333. The van der Waals surface area contributed by atoms with Gasteiger partial charge in [-0.05, 0) is 24.3 Å². The quantitative estimate of drug-likeness (QED) is 0.400. The number of methoxy groups -OCH3 is 1. The molecule has 12 heteroatoms. The Hall–Kier alpha value is -2.56. The van der Waals surface area contributed by atoms with Crippen LogP contribution in [0.2, 0.25) is 0 Å². The van der Waals surface area contributed by atoms with Crippen molar-refractivity contribution in [3.63, 3.8) is 0 Å². The van der Waals surface area contributed by atoms with E-state index in [0.29, 0.717) is 11.3 Å². The zero-order valence-corrected chi connectivity index (χ0v) is 17.0. The lowest BCUT2D eigenvalue weighted by Gasteiger charge is -2.36. The first-order chi connectivity index (χ1) is 14.4. The Balaban J connectivity index is 1.76. The van der Waals surface area contributed by atoms with Crippen molar-refractivity contribution in [1.82, 2.24) is 14.6 Å². The van der Waals surface area contributed by atoms with Crippen molar-refractivity contribution in [2.75, 3.05) is 26.1 Å². The van der Waals surface area contributed by atoms with Crippen LogP contribution in [0.15, 0.2) is 48.8 Å². The van der Waals surface area contributed by atoms with Gasteiger partial charge in [-0.25, -0.2) is 18.5 Å². The largest absolute Gasteiger partial charge is 0.426 e. The summed E-state index contributed by atoms with van der Waals surface area (Å²) in [5.41, 5.74) is 4.29. The molecule has 30 heavy (non-hydrogen) atoms. The van der Waals surface area contributed by atoms with Crippen molar-refractivity contribution in [3.8, 4) is 5.75 Å². The average molecular weight is 440 g/mol. The second kappa shape index (κ2) is 9.50. The van der Waals surface area contributed by atoms with E-state index in [4.69, 9.17) is 19.5 Å². The van der Waals surface area contributed by atoms with Gasteiger partial charge in [0.05, 0.1) is 12.3 Å². The number of hydrogen-bond donors (Lipinski definition) is 3. The Bertz CT molecular complexity index is 1000. The van der Waals surface area contributed by atoms with E-state index in [1.165, 1.54) is 16.9 Å². The molecule has 4 atom stereocenters. The number of fused-ring (bicyclic) bond motifs is 1. The van der Waals surface area contributed by atoms with E-state index in [2.05, 4.69) is 10.1 Å². The molecule has 162 valence electrons. The van der Waals surface area contributed by atoms with E-state index in [9.17, 15) is 19.2 Å². The number of aromatic nitrogens is 3. The molecule has 3 rings (SSSR count). The van der Waals surface area contributed by atoms with Gasteiger partial charge in [0, 0.05) is 7.11 Å². The lowest BCUT2D eigenvalue weighted by Crippen LogP contribution is -2.52. The van der Waals surface area contributed by atoms with Crippen LogP contribution < -0.4 is 10.3 Å². The van der Waals surface area contributed by atoms with Gasteiger partial charge in [-0.3, -0.25) is 4.52 Å². The second-order valence-electron chi connectivity index (χ2n) is 6.45. The van der Waals surface area contributed by atoms with Crippen LogP contribution in [0.3, 0.4) is 0 Å². The maximum absolute atomic E-state index is 14.0. The highest BCUT2D eigenvalue weighted by molar-refractivity contribution is 7.33. The van der Waals surface area contributed by atoms with Gasteiger partial charge in [0.15, 0.2) is 5.82 Å². The summed E-state index contributed by atoms with van der Waals surface area (Å²) in [6, 6.07) is 11.3. The van der Waals surface area contributed by atoms with Crippen LogP contribution >= 0.6 is 8.25 Å². The fourth-order valence-corrected chi connectivity index (χ4v) is 3.63. The number of nitrogens with zero attached hydrogens (tertiary/aromatic N) is 3. The zero-order valence-electron chi connectivity index (χ0n) is 16.0. The molecule has 10 nitrogen and oxygen atoms in total. The molecular formula is C18H22FN4O6P. The Morgan fingerprint density at radius 3 is 2.67 bits per heavy atom. The van der Waals surface area contributed by atoms with Gasteiger partial charge in [0.2, 0.25) is 0 Å². The molecule has 0 amide bonds. The molecule has 0 fully saturated rings. The molecule has 1 unspecified atom stereocenters. The minimum absolute atomic E-state index is 0.134. The molecule has 0 aliphatic heterocycles. The lowest BCUT2D eigenvalue weighted by molar-refractivity contribution is -0.169. The first kappa shape index (κ1) is 22.1. The smallest absolute Gasteiger partial charge is 0.367 e. The van der Waals surface area contributed by atoms with Crippen LogP contribution in [-0.2, 0) is 13.8 Å². The standard InChI is InChI=1S/C18H22FN4O6P/c1-27-18(9-19,10-28-30(26)29-12-5-3-2-4-6-12)16(25)15(24)13-7-8-14-17(20)21-11-22-23(13)14/h2-8,11,15-16,24-25,30H,9-10H2,1H3,(H2,20,21,22)/t15-,16-,18+/m0/s1. The number of aliphatic hydroxyl groups is 2. The highest BCUT2D eigenvalue weighted by atomic mass is 31.1. The number of anilines is 1. The predicted octanol–water partition coefficient (Wildman–Crippen LogP) is 1.55. The van der Waals surface area contributed by atoms with E-state index in [0.717, 1.165) is 7.11 Å². The summed E-state index contributed by atoms with van der Waals surface area (Å²) < 4.78 is 42.8. The fourth-order valence-electron chi connectivity index (χ4n) is 2.88. The molecule has 4 N–H and O–H groups in total. The van der Waals surface area contributed by atoms with Crippen molar-refractivity contribution >= 4 is 19.6 Å². The summed E-state index contributed by atoms with van der Waals surface area (Å²) >= 11 is 0. The minimum atomic E-state index is -3.08. The van der Waals surface area contributed by atoms with Crippen LogP contribution in [0.25, 0.3) is 5.52 Å². The number of benzene rings is 1. The van der Waals surface area contributed by atoms with E-state index in [1.54, 1.807) is 36.4 Å². The van der Waals surface area contributed by atoms with Gasteiger partial charge in [-0.15, -0.1) is 0 Å². The third kappa shape index (κ3) is 4.45. The molecule has 1 aromatic carbocycles. The molecule has 0 aliphatic rings. The maximum Gasteiger partial charge on any atom is 0.367 e.